The summed E-state index contributed by atoms with van der Waals surface area (Å²) in [5, 5.41) is 3.32. The molecule has 0 aliphatic heterocycles. The molecule has 2 nitrogen and oxygen atoms in total. The van der Waals surface area contributed by atoms with Crippen LogP contribution in [0.3, 0.4) is 0 Å². The molecule has 0 aliphatic carbocycles. The average Bonchev–Trinajstić information content (AvgIpc) is 2.58. The normalized spacial score (nSPS) is 13.5. The van der Waals surface area contributed by atoms with Crippen molar-refractivity contribution in [1.82, 2.24) is 0 Å². The monoisotopic (exact) mass is 463 g/mol. The lowest BCUT2D eigenvalue weighted by Crippen LogP contribution is -2.14. The lowest BCUT2D eigenvalue weighted by molar-refractivity contribution is -0.144. The number of nitrogens with zero attached hydrogens (tertiary/aromatic N) is 1. The van der Waals surface area contributed by atoms with Crippen molar-refractivity contribution < 1.29 is 44.4 Å². The topological polar surface area (TPSA) is 21.6 Å². The zero-order valence-electron chi connectivity index (χ0n) is 14.8. The molecule has 0 heterocycles. The van der Waals surface area contributed by atoms with Gasteiger partial charge >= 0.3 is 18.5 Å². The maximum atomic E-state index is 13.1. The minimum absolute atomic E-state index is 0.0466. The quantitative estimate of drug-likeness (QED) is 0.264. The molecule has 2 rings (SSSR count). The molecule has 2 aromatic rings. The van der Waals surface area contributed by atoms with Crippen LogP contribution in [-0.4, -0.2) is 5.71 Å². The summed E-state index contributed by atoms with van der Waals surface area (Å²) in [6, 6.07) is 3.58. The van der Waals surface area contributed by atoms with Gasteiger partial charge in [0.05, 0.1) is 22.4 Å². The van der Waals surface area contributed by atoms with Gasteiger partial charge in [-0.15, -0.1) is 0 Å². The van der Waals surface area contributed by atoms with Crippen molar-refractivity contribution in [3.8, 4) is 0 Å². The van der Waals surface area contributed by atoms with E-state index in [4.69, 9.17) is 16.4 Å². The van der Waals surface area contributed by atoms with Crippen LogP contribution in [0.4, 0.5) is 39.5 Å². The molecule has 12 heteroatoms. The molecule has 0 spiro atoms. The predicted octanol–water partition coefficient (Wildman–Crippen LogP) is 7.34. The van der Waals surface area contributed by atoms with Crippen molar-refractivity contribution in [2.45, 2.75) is 32.1 Å². The van der Waals surface area contributed by atoms with Gasteiger partial charge in [-0.05, 0) is 37.3 Å². The third kappa shape index (κ3) is 5.80. The molecule has 30 heavy (non-hydrogen) atoms. The maximum absolute atomic E-state index is 13.1. The Morgan fingerprint density at radius 3 is 1.97 bits per heavy atom. The van der Waals surface area contributed by atoms with E-state index < -0.39 is 53.0 Å². The van der Waals surface area contributed by atoms with Crippen molar-refractivity contribution in [1.29, 1.82) is 0 Å². The SMILES string of the molecule is CC(=NOCc1ccc(C(F)(F)F)cc1C(F)(F)F)c1cc(Cl)ccc1C(F)(F)F. The fraction of sp³-hybridized carbons (Fsp3) is 0.278. The van der Waals surface area contributed by atoms with Crippen LogP contribution in [0, 0.1) is 0 Å². The number of hydrogen-bond donors (Lipinski definition) is 0. The van der Waals surface area contributed by atoms with Crippen LogP contribution in [0.2, 0.25) is 5.02 Å². The van der Waals surface area contributed by atoms with Crippen LogP contribution in [0.5, 0.6) is 0 Å². The third-order valence-electron chi connectivity index (χ3n) is 3.84. The van der Waals surface area contributed by atoms with Crippen LogP contribution in [0.15, 0.2) is 41.6 Å². The van der Waals surface area contributed by atoms with Gasteiger partial charge in [-0.2, -0.15) is 39.5 Å². The van der Waals surface area contributed by atoms with Crippen molar-refractivity contribution in [3.05, 3.63) is 69.2 Å². The Kier molecular flexibility index (Phi) is 6.65. The maximum Gasteiger partial charge on any atom is 0.417 e. The number of halogens is 10. The van der Waals surface area contributed by atoms with Gasteiger partial charge in [0.25, 0.3) is 0 Å². The van der Waals surface area contributed by atoms with Gasteiger partial charge in [0, 0.05) is 16.1 Å². The molecule has 164 valence electrons. The average molecular weight is 464 g/mol. The van der Waals surface area contributed by atoms with Gasteiger partial charge in [0.1, 0.15) is 6.61 Å². The van der Waals surface area contributed by atoms with Crippen LogP contribution in [0.1, 0.15) is 34.7 Å². The second-order valence-corrected chi connectivity index (χ2v) is 6.44. The van der Waals surface area contributed by atoms with E-state index in [1.165, 1.54) is 0 Å². The Bertz CT molecular complexity index is 946. The molecule has 0 saturated heterocycles. The summed E-state index contributed by atoms with van der Waals surface area (Å²) in [4.78, 5) is 4.70. The zero-order valence-corrected chi connectivity index (χ0v) is 15.6. The molecule has 0 saturated carbocycles. The zero-order chi connectivity index (χ0) is 22.9. The van der Waals surface area contributed by atoms with E-state index in [9.17, 15) is 39.5 Å². The van der Waals surface area contributed by atoms with Crippen LogP contribution >= 0.6 is 11.6 Å². The number of rotatable bonds is 4. The molecule has 0 N–H and O–H groups in total. The highest BCUT2D eigenvalue weighted by Crippen LogP contribution is 2.38. The van der Waals surface area contributed by atoms with E-state index in [1.54, 1.807) is 0 Å². The van der Waals surface area contributed by atoms with E-state index in [1.807, 2.05) is 0 Å². The third-order valence-corrected chi connectivity index (χ3v) is 4.08. The smallest absolute Gasteiger partial charge is 0.391 e. The first-order chi connectivity index (χ1) is 13.6. The summed E-state index contributed by atoms with van der Waals surface area (Å²) in [5.41, 5.74) is -5.67. The molecule has 0 radical (unpaired) electrons. The summed E-state index contributed by atoms with van der Waals surface area (Å²) < 4.78 is 117. The summed E-state index contributed by atoms with van der Waals surface area (Å²) in [5.74, 6) is 0. The predicted molar refractivity (Wildman–Crippen MR) is 89.9 cm³/mol. The van der Waals surface area contributed by atoms with E-state index in [-0.39, 0.29) is 16.8 Å². The molecule has 0 atom stereocenters. The van der Waals surface area contributed by atoms with Crippen molar-refractivity contribution >= 4 is 17.3 Å². The Hall–Kier alpha value is -2.43. The lowest BCUT2D eigenvalue weighted by Gasteiger charge is -2.16. The Balaban J connectivity index is 2.32. The molecule has 0 aliphatic rings. The van der Waals surface area contributed by atoms with Gasteiger partial charge in [0.15, 0.2) is 0 Å². The van der Waals surface area contributed by atoms with Gasteiger partial charge in [-0.3, -0.25) is 0 Å². The Morgan fingerprint density at radius 2 is 1.43 bits per heavy atom. The number of alkyl halides is 9. The van der Waals surface area contributed by atoms with Crippen molar-refractivity contribution in [2.24, 2.45) is 5.16 Å². The van der Waals surface area contributed by atoms with Crippen LogP contribution in [0.25, 0.3) is 0 Å². The number of hydrogen-bond acceptors (Lipinski definition) is 2. The first-order valence-electron chi connectivity index (χ1n) is 7.91. The molecule has 0 fully saturated rings. The minimum Gasteiger partial charge on any atom is -0.391 e. The standard InChI is InChI=1S/C18H11ClF9NO/c1-9(13-7-12(19)4-5-14(13)17(23,24)25)29-30-8-10-2-3-11(16(20,21)22)6-15(10)18(26,27)28/h2-7H,8H2,1H3. The fourth-order valence-corrected chi connectivity index (χ4v) is 2.63. The summed E-state index contributed by atoms with van der Waals surface area (Å²) in [6.07, 6.45) is -14.9. The van der Waals surface area contributed by atoms with Gasteiger partial charge in [-0.25, -0.2) is 0 Å². The Morgan fingerprint density at radius 1 is 0.833 bits per heavy atom. The van der Waals surface area contributed by atoms with E-state index >= 15 is 0 Å². The van der Waals surface area contributed by atoms with Crippen molar-refractivity contribution in [2.75, 3.05) is 0 Å². The minimum atomic E-state index is -5.12. The molecular formula is C18H11ClF9NO. The highest BCUT2D eigenvalue weighted by molar-refractivity contribution is 6.31. The molecule has 0 aromatic heterocycles. The van der Waals surface area contributed by atoms with Gasteiger partial charge < -0.3 is 4.84 Å². The summed E-state index contributed by atoms with van der Waals surface area (Å²) in [7, 11) is 0. The number of oxime groups is 1. The summed E-state index contributed by atoms with van der Waals surface area (Å²) in [6.45, 7) is 0.185. The van der Waals surface area contributed by atoms with Gasteiger partial charge in [0.2, 0.25) is 0 Å². The highest BCUT2D eigenvalue weighted by Gasteiger charge is 2.38. The Labute approximate surface area is 168 Å². The second-order valence-electron chi connectivity index (χ2n) is 6.01. The van der Waals surface area contributed by atoms with E-state index in [0.717, 1.165) is 19.1 Å². The van der Waals surface area contributed by atoms with Crippen molar-refractivity contribution in [3.63, 3.8) is 0 Å². The lowest BCUT2D eigenvalue weighted by atomic mass is 10.0. The first kappa shape index (κ1) is 23.8. The molecule has 2 aromatic carbocycles. The molecule has 0 bridgehead atoms. The fourth-order valence-electron chi connectivity index (χ4n) is 2.45. The van der Waals surface area contributed by atoms with E-state index in [2.05, 4.69) is 5.16 Å². The summed E-state index contributed by atoms with van der Waals surface area (Å²) >= 11 is 5.68. The van der Waals surface area contributed by atoms with E-state index in [0.29, 0.717) is 18.2 Å². The number of benzene rings is 2. The first-order valence-corrected chi connectivity index (χ1v) is 8.29. The molecular weight excluding hydrogens is 453 g/mol. The van der Waals surface area contributed by atoms with Crippen LogP contribution in [-0.2, 0) is 30.0 Å². The molecule has 0 amide bonds. The largest absolute Gasteiger partial charge is 0.417 e. The van der Waals surface area contributed by atoms with Gasteiger partial charge in [-0.1, -0.05) is 22.8 Å². The highest BCUT2D eigenvalue weighted by atomic mass is 35.5. The second kappa shape index (κ2) is 8.37. The molecule has 0 unspecified atom stereocenters. The van der Waals surface area contributed by atoms with Crippen LogP contribution < -0.4 is 0 Å².